The molecule has 0 aromatic heterocycles. The Kier molecular flexibility index (Phi) is 1.82. The number of nitriles is 1. The quantitative estimate of drug-likeness (QED) is 0.647. The Morgan fingerprint density at radius 3 is 2.23 bits per heavy atom. The van der Waals surface area contributed by atoms with Gasteiger partial charge in [-0.3, -0.25) is 0 Å². The van der Waals surface area contributed by atoms with Crippen molar-refractivity contribution < 1.29 is 4.74 Å². The van der Waals surface area contributed by atoms with Gasteiger partial charge < -0.3 is 4.74 Å². The van der Waals surface area contributed by atoms with Gasteiger partial charge in [0.15, 0.2) is 5.60 Å². The minimum Gasteiger partial charge on any atom is -0.363 e. The Morgan fingerprint density at radius 2 is 1.85 bits per heavy atom. The van der Waals surface area contributed by atoms with Crippen LogP contribution in [0.4, 0.5) is 0 Å². The third-order valence-corrected chi connectivity index (χ3v) is 2.66. The largest absolute Gasteiger partial charge is 0.363 e. The molecule has 0 atom stereocenters. The van der Waals surface area contributed by atoms with Crippen molar-refractivity contribution in [3.63, 3.8) is 0 Å². The van der Waals surface area contributed by atoms with E-state index in [0.717, 1.165) is 12.8 Å². The number of hydrogen-bond acceptors (Lipinski definition) is 2. The number of nitrogens with zero attached hydrogens (tertiary/aromatic N) is 1. The smallest absolute Gasteiger partial charge is 0.161 e. The summed E-state index contributed by atoms with van der Waals surface area (Å²) in [5.41, 5.74) is 1.88. The average molecular weight is 173 g/mol. The molecule has 66 valence electrons. The van der Waals surface area contributed by atoms with Crippen LogP contribution in [0.3, 0.4) is 0 Å². The van der Waals surface area contributed by atoms with Crippen molar-refractivity contribution in [1.82, 2.24) is 0 Å². The highest BCUT2D eigenvalue weighted by Crippen LogP contribution is 2.31. The standard InChI is InChI=1S/C11H11NO/c1-13-11(8-12)6-9-4-2-3-5-10(9)7-11/h2-5H,6-7H2,1H3. The lowest BCUT2D eigenvalue weighted by Gasteiger charge is -2.17. The van der Waals surface area contributed by atoms with E-state index in [1.165, 1.54) is 11.1 Å². The van der Waals surface area contributed by atoms with Gasteiger partial charge in [-0.2, -0.15) is 5.26 Å². The van der Waals surface area contributed by atoms with Crippen LogP contribution in [0.1, 0.15) is 11.1 Å². The lowest BCUT2D eigenvalue weighted by Crippen LogP contribution is -2.29. The molecule has 0 amide bonds. The molecule has 0 N–H and O–H groups in total. The Hall–Kier alpha value is -1.33. The average Bonchev–Trinajstić information content (AvgIpc) is 2.57. The van der Waals surface area contributed by atoms with Crippen LogP contribution >= 0.6 is 0 Å². The molecule has 1 aromatic carbocycles. The highest BCUT2D eigenvalue weighted by atomic mass is 16.5. The van der Waals surface area contributed by atoms with Gasteiger partial charge in [0.2, 0.25) is 0 Å². The summed E-state index contributed by atoms with van der Waals surface area (Å²) >= 11 is 0. The Labute approximate surface area is 77.8 Å². The second-order valence-corrected chi connectivity index (χ2v) is 3.43. The summed E-state index contributed by atoms with van der Waals surface area (Å²) in [6.45, 7) is 0. The third kappa shape index (κ3) is 1.22. The van der Waals surface area contributed by atoms with Crippen LogP contribution in [-0.2, 0) is 17.6 Å². The fraction of sp³-hybridized carbons (Fsp3) is 0.364. The molecule has 1 aliphatic carbocycles. The number of rotatable bonds is 1. The molecule has 0 spiro atoms. The lowest BCUT2D eigenvalue weighted by molar-refractivity contribution is 0.0485. The van der Waals surface area contributed by atoms with E-state index in [2.05, 4.69) is 18.2 Å². The van der Waals surface area contributed by atoms with Crippen molar-refractivity contribution in [3.05, 3.63) is 35.4 Å². The summed E-state index contributed by atoms with van der Waals surface area (Å²) in [5.74, 6) is 0. The number of fused-ring (bicyclic) bond motifs is 1. The predicted molar refractivity (Wildman–Crippen MR) is 49.2 cm³/mol. The van der Waals surface area contributed by atoms with E-state index >= 15 is 0 Å². The maximum absolute atomic E-state index is 9.01. The minimum atomic E-state index is -0.607. The van der Waals surface area contributed by atoms with Crippen LogP contribution in [0.2, 0.25) is 0 Å². The first kappa shape index (κ1) is 8.28. The molecule has 0 aliphatic heterocycles. The van der Waals surface area contributed by atoms with E-state index in [9.17, 15) is 0 Å². The van der Waals surface area contributed by atoms with Crippen molar-refractivity contribution in [2.24, 2.45) is 0 Å². The van der Waals surface area contributed by atoms with E-state index in [0.29, 0.717) is 0 Å². The molecule has 13 heavy (non-hydrogen) atoms. The van der Waals surface area contributed by atoms with Gasteiger partial charge in [0.05, 0.1) is 6.07 Å². The molecule has 1 aromatic rings. The van der Waals surface area contributed by atoms with E-state index < -0.39 is 5.60 Å². The van der Waals surface area contributed by atoms with Gasteiger partial charge in [-0.15, -0.1) is 0 Å². The molecule has 0 unspecified atom stereocenters. The topological polar surface area (TPSA) is 33.0 Å². The molecular formula is C11H11NO. The van der Waals surface area contributed by atoms with Gasteiger partial charge in [-0.05, 0) is 11.1 Å². The zero-order valence-electron chi connectivity index (χ0n) is 7.58. The number of ether oxygens (including phenoxy) is 1. The molecule has 0 saturated heterocycles. The first-order valence-corrected chi connectivity index (χ1v) is 4.33. The summed E-state index contributed by atoms with van der Waals surface area (Å²) in [7, 11) is 1.61. The SMILES string of the molecule is COC1(C#N)Cc2ccccc2C1. The highest BCUT2D eigenvalue weighted by molar-refractivity contribution is 5.38. The van der Waals surface area contributed by atoms with Crippen molar-refractivity contribution in [3.8, 4) is 6.07 Å². The van der Waals surface area contributed by atoms with Gasteiger partial charge in [0.1, 0.15) is 0 Å². The van der Waals surface area contributed by atoms with Gasteiger partial charge >= 0.3 is 0 Å². The molecular weight excluding hydrogens is 162 g/mol. The van der Waals surface area contributed by atoms with Gasteiger partial charge in [0.25, 0.3) is 0 Å². The monoisotopic (exact) mass is 173 g/mol. The van der Waals surface area contributed by atoms with E-state index in [4.69, 9.17) is 10.00 Å². The van der Waals surface area contributed by atoms with Gasteiger partial charge in [-0.1, -0.05) is 24.3 Å². The number of benzene rings is 1. The molecule has 2 nitrogen and oxygen atoms in total. The van der Waals surface area contributed by atoms with Crippen LogP contribution in [0, 0.1) is 11.3 Å². The third-order valence-electron chi connectivity index (χ3n) is 2.66. The summed E-state index contributed by atoms with van der Waals surface area (Å²) in [6.07, 6.45) is 1.44. The maximum Gasteiger partial charge on any atom is 0.161 e. The first-order valence-electron chi connectivity index (χ1n) is 4.33. The Morgan fingerprint density at radius 1 is 1.31 bits per heavy atom. The molecule has 0 radical (unpaired) electrons. The molecule has 0 saturated carbocycles. The van der Waals surface area contributed by atoms with Crippen LogP contribution in [0.5, 0.6) is 0 Å². The normalized spacial score (nSPS) is 17.8. The first-order chi connectivity index (χ1) is 6.29. The van der Waals surface area contributed by atoms with Crippen LogP contribution < -0.4 is 0 Å². The predicted octanol–water partition coefficient (Wildman–Crippen LogP) is 1.69. The van der Waals surface area contributed by atoms with E-state index in [1.54, 1.807) is 7.11 Å². The van der Waals surface area contributed by atoms with Crippen molar-refractivity contribution in [2.45, 2.75) is 18.4 Å². The summed E-state index contributed by atoms with van der Waals surface area (Å²) in [4.78, 5) is 0. The zero-order chi connectivity index (χ0) is 9.31. The second-order valence-electron chi connectivity index (χ2n) is 3.43. The van der Waals surface area contributed by atoms with Crippen LogP contribution in [0.15, 0.2) is 24.3 Å². The Bertz CT molecular complexity index is 340. The molecule has 2 heteroatoms. The molecule has 0 fully saturated rings. The molecule has 1 aliphatic rings. The van der Waals surface area contributed by atoms with Crippen molar-refractivity contribution >= 4 is 0 Å². The summed E-state index contributed by atoms with van der Waals surface area (Å²) < 4.78 is 5.27. The van der Waals surface area contributed by atoms with Crippen molar-refractivity contribution in [1.29, 1.82) is 5.26 Å². The van der Waals surface area contributed by atoms with Crippen LogP contribution in [0.25, 0.3) is 0 Å². The van der Waals surface area contributed by atoms with E-state index in [-0.39, 0.29) is 0 Å². The fourth-order valence-corrected chi connectivity index (χ4v) is 1.85. The summed E-state index contributed by atoms with van der Waals surface area (Å²) in [6, 6.07) is 10.4. The Balaban J connectivity index is 2.37. The summed E-state index contributed by atoms with van der Waals surface area (Å²) in [5, 5.41) is 9.01. The zero-order valence-corrected chi connectivity index (χ0v) is 7.58. The fourth-order valence-electron chi connectivity index (χ4n) is 1.85. The highest BCUT2D eigenvalue weighted by Gasteiger charge is 2.37. The maximum atomic E-state index is 9.01. The van der Waals surface area contributed by atoms with E-state index in [1.807, 2.05) is 12.1 Å². The lowest BCUT2D eigenvalue weighted by atomic mass is 10.0. The molecule has 2 rings (SSSR count). The van der Waals surface area contributed by atoms with Gasteiger partial charge in [-0.25, -0.2) is 0 Å². The van der Waals surface area contributed by atoms with Gasteiger partial charge in [0, 0.05) is 20.0 Å². The number of hydrogen-bond donors (Lipinski definition) is 0. The molecule has 0 bridgehead atoms. The molecule has 0 heterocycles. The van der Waals surface area contributed by atoms with Crippen LogP contribution in [-0.4, -0.2) is 12.7 Å². The van der Waals surface area contributed by atoms with Crippen molar-refractivity contribution in [2.75, 3.05) is 7.11 Å². The second kappa shape index (κ2) is 2.86. The number of methoxy groups -OCH3 is 1. The minimum absolute atomic E-state index is 0.607.